The number of nitrogens with zero attached hydrogens (tertiary/aromatic N) is 2. The van der Waals surface area contributed by atoms with E-state index in [0.717, 1.165) is 38.6 Å². The molecular formula is C20H25N2O2+. The van der Waals surface area contributed by atoms with Gasteiger partial charge in [0.05, 0.1) is 20.3 Å². The maximum atomic E-state index is 5.53. The predicted octanol–water partition coefficient (Wildman–Crippen LogP) is 2.52. The number of aryl methyl sites for hydroxylation is 1. The number of hydrogen-bond acceptors (Lipinski definition) is 3. The van der Waals surface area contributed by atoms with Gasteiger partial charge in [0.25, 0.3) is 0 Å². The average molecular weight is 325 g/mol. The lowest BCUT2D eigenvalue weighted by Gasteiger charge is -2.27. The van der Waals surface area contributed by atoms with Crippen LogP contribution in [0.15, 0.2) is 42.7 Å². The van der Waals surface area contributed by atoms with Gasteiger partial charge in [-0.25, -0.2) is 4.57 Å². The topological polar surface area (TPSA) is 25.6 Å². The van der Waals surface area contributed by atoms with Crippen molar-refractivity contribution in [3.05, 3.63) is 59.4 Å². The van der Waals surface area contributed by atoms with Crippen molar-refractivity contribution < 1.29 is 14.0 Å². The van der Waals surface area contributed by atoms with E-state index in [1.165, 1.54) is 16.7 Å². The first-order valence-electron chi connectivity index (χ1n) is 8.35. The van der Waals surface area contributed by atoms with Gasteiger partial charge in [0, 0.05) is 37.3 Å². The summed E-state index contributed by atoms with van der Waals surface area (Å²) in [6.45, 7) is 4.48. The maximum absolute atomic E-state index is 5.53. The first-order valence-corrected chi connectivity index (χ1v) is 8.35. The Morgan fingerprint density at radius 1 is 1.08 bits per heavy atom. The largest absolute Gasteiger partial charge is 0.496 e. The van der Waals surface area contributed by atoms with Crippen molar-refractivity contribution >= 4 is 12.2 Å². The zero-order valence-electron chi connectivity index (χ0n) is 14.4. The summed E-state index contributed by atoms with van der Waals surface area (Å²) in [6.07, 6.45) is 8.40. The minimum atomic E-state index is 0.813. The van der Waals surface area contributed by atoms with E-state index < -0.39 is 0 Å². The Kier molecular flexibility index (Phi) is 5.62. The number of pyridine rings is 1. The summed E-state index contributed by atoms with van der Waals surface area (Å²) < 4.78 is 13.0. The van der Waals surface area contributed by atoms with Crippen molar-refractivity contribution in [2.45, 2.75) is 6.54 Å². The van der Waals surface area contributed by atoms with E-state index >= 15 is 0 Å². The minimum absolute atomic E-state index is 0.813. The second kappa shape index (κ2) is 8.08. The summed E-state index contributed by atoms with van der Waals surface area (Å²) in [4.78, 5) is 2.41. The quantitative estimate of drug-likeness (QED) is 0.790. The van der Waals surface area contributed by atoms with Crippen LogP contribution < -0.4 is 9.30 Å². The molecule has 1 aromatic heterocycles. The first kappa shape index (κ1) is 16.7. The molecule has 1 aliphatic heterocycles. The van der Waals surface area contributed by atoms with Crippen molar-refractivity contribution in [3.8, 4) is 5.75 Å². The summed E-state index contributed by atoms with van der Waals surface area (Å²) in [5, 5.41) is 0. The van der Waals surface area contributed by atoms with E-state index in [1.807, 2.05) is 11.6 Å². The molecule has 1 saturated heterocycles. The van der Waals surface area contributed by atoms with Crippen LogP contribution in [0.3, 0.4) is 0 Å². The van der Waals surface area contributed by atoms with E-state index in [4.69, 9.17) is 9.47 Å². The molecule has 0 unspecified atom stereocenters. The highest BCUT2D eigenvalue weighted by Crippen LogP contribution is 2.23. The van der Waals surface area contributed by atoms with Gasteiger partial charge in [0.1, 0.15) is 12.8 Å². The lowest BCUT2D eigenvalue weighted by molar-refractivity contribution is -0.671. The highest BCUT2D eigenvalue weighted by atomic mass is 16.5. The number of aromatic nitrogens is 1. The van der Waals surface area contributed by atoms with Gasteiger partial charge in [-0.15, -0.1) is 0 Å². The Balaban J connectivity index is 1.76. The Morgan fingerprint density at radius 3 is 2.50 bits per heavy atom. The second-order valence-electron chi connectivity index (χ2n) is 6.09. The fourth-order valence-corrected chi connectivity index (χ4v) is 2.84. The van der Waals surface area contributed by atoms with Crippen LogP contribution in [0, 0.1) is 0 Å². The number of rotatable bonds is 5. The highest BCUT2D eigenvalue weighted by molar-refractivity contribution is 5.70. The number of methoxy groups -OCH3 is 1. The van der Waals surface area contributed by atoms with Gasteiger partial charge in [0.15, 0.2) is 12.4 Å². The Labute approximate surface area is 143 Å². The molecule has 2 heterocycles. The molecule has 0 atom stereocenters. The average Bonchev–Trinajstić information content (AvgIpc) is 2.62. The van der Waals surface area contributed by atoms with Crippen LogP contribution in [0.5, 0.6) is 5.75 Å². The lowest BCUT2D eigenvalue weighted by Crippen LogP contribution is -2.35. The molecule has 0 bridgehead atoms. The molecule has 0 saturated carbocycles. The molecule has 4 nitrogen and oxygen atoms in total. The molecular weight excluding hydrogens is 300 g/mol. The number of hydrogen-bond donors (Lipinski definition) is 0. The van der Waals surface area contributed by atoms with Crippen molar-refractivity contribution in [3.63, 3.8) is 0 Å². The third-order valence-corrected chi connectivity index (χ3v) is 4.27. The molecule has 4 heteroatoms. The Hall–Kier alpha value is -2.17. The zero-order valence-corrected chi connectivity index (χ0v) is 14.4. The van der Waals surface area contributed by atoms with Crippen LogP contribution in [0.4, 0.5) is 0 Å². The normalized spacial score (nSPS) is 15.8. The van der Waals surface area contributed by atoms with Crippen LogP contribution in [-0.4, -0.2) is 38.3 Å². The fourth-order valence-electron chi connectivity index (χ4n) is 2.84. The molecule has 1 fully saturated rings. The van der Waals surface area contributed by atoms with Gasteiger partial charge in [-0.1, -0.05) is 18.2 Å². The van der Waals surface area contributed by atoms with Crippen LogP contribution in [0.1, 0.15) is 16.7 Å². The monoisotopic (exact) mass is 325 g/mol. The van der Waals surface area contributed by atoms with Gasteiger partial charge in [0.2, 0.25) is 0 Å². The number of benzene rings is 1. The van der Waals surface area contributed by atoms with E-state index in [0.29, 0.717) is 0 Å². The third kappa shape index (κ3) is 4.43. The Morgan fingerprint density at radius 2 is 1.79 bits per heavy atom. The number of ether oxygens (including phenoxy) is 2. The van der Waals surface area contributed by atoms with Gasteiger partial charge < -0.3 is 9.47 Å². The fraction of sp³-hybridized carbons (Fsp3) is 0.350. The standard InChI is InChI=1S/C20H25N2O2/c1-21-9-7-17(8-10-21)3-4-18-5-6-20(23-2)19(15-18)16-22-11-13-24-14-12-22/h3-10,15H,11-14,16H2,1-2H3/q+1/b4-3+. The van der Waals surface area contributed by atoms with Crippen LogP contribution in [-0.2, 0) is 18.3 Å². The van der Waals surface area contributed by atoms with Crippen molar-refractivity contribution in [1.29, 1.82) is 0 Å². The van der Waals surface area contributed by atoms with Gasteiger partial charge in [-0.2, -0.15) is 0 Å². The molecule has 2 aromatic rings. The molecule has 0 aliphatic carbocycles. The Bertz CT molecular complexity index is 689. The van der Waals surface area contributed by atoms with Crippen molar-refractivity contribution in [1.82, 2.24) is 4.90 Å². The minimum Gasteiger partial charge on any atom is -0.496 e. The third-order valence-electron chi connectivity index (χ3n) is 4.27. The summed E-state index contributed by atoms with van der Waals surface area (Å²) in [5.41, 5.74) is 3.60. The SMILES string of the molecule is COc1ccc(/C=C/c2cc[n+](C)cc2)cc1CN1CCOCC1. The number of morpholine rings is 1. The van der Waals surface area contributed by atoms with Gasteiger partial charge in [-0.05, 0) is 23.3 Å². The van der Waals surface area contributed by atoms with E-state index in [2.05, 4.69) is 59.8 Å². The van der Waals surface area contributed by atoms with Gasteiger partial charge >= 0.3 is 0 Å². The highest BCUT2D eigenvalue weighted by Gasteiger charge is 2.13. The van der Waals surface area contributed by atoms with Crippen LogP contribution in [0.25, 0.3) is 12.2 Å². The molecule has 0 radical (unpaired) electrons. The summed E-state index contributed by atoms with van der Waals surface area (Å²) in [5.74, 6) is 0.949. The molecule has 1 aliphatic rings. The molecule has 3 rings (SSSR count). The lowest BCUT2D eigenvalue weighted by atomic mass is 10.1. The molecule has 0 N–H and O–H groups in total. The molecule has 1 aromatic carbocycles. The second-order valence-corrected chi connectivity index (χ2v) is 6.09. The predicted molar refractivity (Wildman–Crippen MR) is 95.6 cm³/mol. The first-order chi connectivity index (χ1) is 11.7. The molecule has 0 amide bonds. The molecule has 24 heavy (non-hydrogen) atoms. The van der Waals surface area contributed by atoms with E-state index in [1.54, 1.807) is 7.11 Å². The van der Waals surface area contributed by atoms with Crippen molar-refractivity contribution in [2.75, 3.05) is 33.4 Å². The van der Waals surface area contributed by atoms with Crippen LogP contribution >= 0.6 is 0 Å². The zero-order chi connectivity index (χ0) is 16.8. The summed E-state index contributed by atoms with van der Waals surface area (Å²) in [6, 6.07) is 10.6. The van der Waals surface area contributed by atoms with E-state index in [9.17, 15) is 0 Å². The summed E-state index contributed by atoms with van der Waals surface area (Å²) >= 11 is 0. The maximum Gasteiger partial charge on any atom is 0.169 e. The van der Waals surface area contributed by atoms with Gasteiger partial charge in [-0.3, -0.25) is 4.90 Å². The van der Waals surface area contributed by atoms with Crippen LogP contribution in [0.2, 0.25) is 0 Å². The smallest absolute Gasteiger partial charge is 0.169 e. The molecule has 126 valence electrons. The van der Waals surface area contributed by atoms with E-state index in [-0.39, 0.29) is 0 Å². The van der Waals surface area contributed by atoms with Crippen molar-refractivity contribution in [2.24, 2.45) is 7.05 Å². The molecule has 0 spiro atoms. The summed E-state index contributed by atoms with van der Waals surface area (Å²) in [7, 11) is 3.76.